The van der Waals surface area contributed by atoms with E-state index in [9.17, 15) is 8.42 Å². The average molecular weight is 551 g/mol. The SMILES string of the molecule is CCCCCCCCCCCCCCCCCCc1ccc(OS(=O)(=O)CI)cc1. The molecule has 0 fully saturated rings. The van der Waals surface area contributed by atoms with E-state index in [-0.39, 0.29) is 3.76 Å². The van der Waals surface area contributed by atoms with Gasteiger partial charge in [-0.3, -0.25) is 0 Å². The highest BCUT2D eigenvalue weighted by Gasteiger charge is 2.09. The van der Waals surface area contributed by atoms with Crippen molar-refractivity contribution in [1.29, 1.82) is 0 Å². The predicted molar refractivity (Wildman–Crippen MR) is 138 cm³/mol. The molecular formula is C25H43IO3S. The summed E-state index contributed by atoms with van der Waals surface area (Å²) < 4.78 is 27.9. The normalized spacial score (nSPS) is 11.7. The molecule has 0 spiro atoms. The molecule has 0 saturated carbocycles. The van der Waals surface area contributed by atoms with E-state index >= 15 is 0 Å². The Hall–Kier alpha value is -0.300. The molecule has 3 nitrogen and oxygen atoms in total. The molecule has 5 heteroatoms. The van der Waals surface area contributed by atoms with Crippen molar-refractivity contribution >= 4 is 32.7 Å². The van der Waals surface area contributed by atoms with E-state index in [0.717, 1.165) is 6.42 Å². The van der Waals surface area contributed by atoms with Crippen molar-refractivity contribution in [2.45, 2.75) is 116 Å². The van der Waals surface area contributed by atoms with Crippen LogP contribution in [-0.4, -0.2) is 12.2 Å². The van der Waals surface area contributed by atoms with Gasteiger partial charge < -0.3 is 4.18 Å². The molecule has 0 unspecified atom stereocenters. The summed E-state index contributed by atoms with van der Waals surface area (Å²) in [5.41, 5.74) is 1.25. The van der Waals surface area contributed by atoms with Crippen LogP contribution >= 0.6 is 22.6 Å². The van der Waals surface area contributed by atoms with Gasteiger partial charge in [-0.15, -0.1) is 0 Å². The Morgan fingerprint density at radius 1 is 0.667 bits per heavy atom. The maximum absolute atomic E-state index is 11.5. The van der Waals surface area contributed by atoms with Gasteiger partial charge in [-0.25, -0.2) is 0 Å². The van der Waals surface area contributed by atoms with Crippen LogP contribution in [0.3, 0.4) is 0 Å². The largest absolute Gasteiger partial charge is 0.382 e. The van der Waals surface area contributed by atoms with E-state index in [1.165, 1.54) is 108 Å². The number of hydrogen-bond acceptors (Lipinski definition) is 3. The van der Waals surface area contributed by atoms with E-state index in [1.807, 2.05) is 12.1 Å². The van der Waals surface area contributed by atoms with Crippen LogP contribution in [-0.2, 0) is 16.5 Å². The maximum Gasteiger partial charge on any atom is 0.318 e. The number of halogens is 1. The number of benzene rings is 1. The molecule has 1 aromatic rings. The lowest BCUT2D eigenvalue weighted by atomic mass is 10.0. The van der Waals surface area contributed by atoms with Crippen molar-refractivity contribution in [3.63, 3.8) is 0 Å². The first-order valence-corrected chi connectivity index (χ1v) is 15.2. The topological polar surface area (TPSA) is 43.4 Å². The third-order valence-corrected chi connectivity index (χ3v) is 8.60. The van der Waals surface area contributed by atoms with E-state index in [1.54, 1.807) is 34.7 Å². The third kappa shape index (κ3) is 15.5. The lowest BCUT2D eigenvalue weighted by Gasteiger charge is -2.06. The number of alkyl halides is 1. The van der Waals surface area contributed by atoms with E-state index < -0.39 is 10.1 Å². The predicted octanol–water partition coefficient (Wildman–Crippen LogP) is 8.59. The fourth-order valence-corrected chi connectivity index (χ4v) is 4.59. The zero-order valence-corrected chi connectivity index (χ0v) is 22.0. The highest BCUT2D eigenvalue weighted by atomic mass is 127. The van der Waals surface area contributed by atoms with Crippen LogP contribution in [0.5, 0.6) is 5.75 Å². The van der Waals surface area contributed by atoms with Gasteiger partial charge in [0.25, 0.3) is 0 Å². The molecule has 0 radical (unpaired) electrons. The van der Waals surface area contributed by atoms with Crippen LogP contribution in [0.15, 0.2) is 24.3 Å². The summed E-state index contributed by atoms with van der Waals surface area (Å²) in [4.78, 5) is 0. The van der Waals surface area contributed by atoms with Crippen LogP contribution in [0.1, 0.15) is 115 Å². The zero-order valence-electron chi connectivity index (χ0n) is 19.0. The van der Waals surface area contributed by atoms with Crippen LogP contribution < -0.4 is 4.18 Å². The van der Waals surface area contributed by atoms with Gasteiger partial charge in [0.2, 0.25) is 0 Å². The maximum atomic E-state index is 11.5. The van der Waals surface area contributed by atoms with Gasteiger partial charge in [-0.1, -0.05) is 138 Å². The molecule has 0 amide bonds. The second-order valence-corrected chi connectivity index (χ2v) is 11.8. The van der Waals surface area contributed by atoms with Crippen molar-refractivity contribution in [3.05, 3.63) is 29.8 Å². The van der Waals surface area contributed by atoms with E-state index in [0.29, 0.717) is 5.75 Å². The summed E-state index contributed by atoms with van der Waals surface area (Å²) in [6.45, 7) is 2.28. The number of rotatable bonds is 20. The van der Waals surface area contributed by atoms with Gasteiger partial charge in [-0.2, -0.15) is 8.42 Å². The van der Waals surface area contributed by atoms with Crippen molar-refractivity contribution in [1.82, 2.24) is 0 Å². The molecular weight excluding hydrogens is 507 g/mol. The molecule has 0 aromatic heterocycles. The summed E-state index contributed by atoms with van der Waals surface area (Å²) in [7, 11) is -3.44. The highest BCUT2D eigenvalue weighted by Crippen LogP contribution is 2.18. The highest BCUT2D eigenvalue weighted by molar-refractivity contribution is 14.1. The third-order valence-electron chi connectivity index (χ3n) is 5.60. The Bertz CT molecular complexity index is 614. The van der Waals surface area contributed by atoms with Gasteiger partial charge in [0.05, 0.1) is 0 Å². The first kappa shape index (κ1) is 27.7. The second kappa shape index (κ2) is 18.3. The van der Waals surface area contributed by atoms with E-state index in [4.69, 9.17) is 4.18 Å². The molecule has 0 aliphatic heterocycles. The lowest BCUT2D eigenvalue weighted by molar-refractivity contribution is 0.492. The molecule has 1 rings (SSSR count). The fraction of sp³-hybridized carbons (Fsp3) is 0.760. The van der Waals surface area contributed by atoms with Crippen molar-refractivity contribution in [3.8, 4) is 5.75 Å². The smallest absolute Gasteiger partial charge is 0.318 e. The minimum atomic E-state index is -3.44. The first-order valence-electron chi connectivity index (χ1n) is 12.1. The van der Waals surface area contributed by atoms with E-state index in [2.05, 4.69) is 6.92 Å². The molecule has 0 aliphatic rings. The quantitative estimate of drug-likeness (QED) is 0.0707. The molecule has 0 heterocycles. The standard InChI is InChI=1S/C25H43IO3S/c1-2-3-4-5-6-7-8-9-10-11-12-13-14-15-16-17-18-24-19-21-25(22-20-24)29-30(27,28)23-26/h19-22H,2-18,23H2,1H3. The Morgan fingerprint density at radius 2 is 1.07 bits per heavy atom. The average Bonchev–Trinajstić information content (AvgIpc) is 2.74. The van der Waals surface area contributed by atoms with Crippen LogP contribution in [0, 0.1) is 0 Å². The van der Waals surface area contributed by atoms with Crippen LogP contribution in [0.25, 0.3) is 0 Å². The minimum absolute atomic E-state index is 0.0360. The minimum Gasteiger partial charge on any atom is -0.382 e. The second-order valence-electron chi connectivity index (χ2n) is 8.45. The van der Waals surface area contributed by atoms with Gasteiger partial charge in [-0.05, 0) is 30.5 Å². The summed E-state index contributed by atoms with van der Waals surface area (Å²) in [5.74, 6) is 0.405. The van der Waals surface area contributed by atoms with Gasteiger partial charge in [0, 0.05) is 0 Å². The molecule has 1 aromatic carbocycles. The lowest BCUT2D eigenvalue weighted by Crippen LogP contribution is -2.09. The van der Waals surface area contributed by atoms with Gasteiger partial charge in [0.15, 0.2) is 0 Å². The molecule has 0 saturated heterocycles. The molecule has 0 aliphatic carbocycles. The fourth-order valence-electron chi connectivity index (χ4n) is 3.76. The number of aryl methyl sites for hydroxylation is 1. The first-order chi connectivity index (χ1) is 14.6. The van der Waals surface area contributed by atoms with Gasteiger partial charge >= 0.3 is 10.1 Å². The molecule has 174 valence electrons. The summed E-state index contributed by atoms with van der Waals surface area (Å²) >= 11 is 1.80. The van der Waals surface area contributed by atoms with Crippen LogP contribution in [0.2, 0.25) is 0 Å². The number of unbranched alkanes of at least 4 members (excludes halogenated alkanes) is 15. The Morgan fingerprint density at radius 3 is 1.47 bits per heavy atom. The van der Waals surface area contributed by atoms with Crippen LogP contribution in [0.4, 0.5) is 0 Å². The van der Waals surface area contributed by atoms with Crippen molar-refractivity contribution in [2.24, 2.45) is 0 Å². The monoisotopic (exact) mass is 550 g/mol. The zero-order chi connectivity index (χ0) is 21.9. The Kier molecular flexibility index (Phi) is 16.9. The van der Waals surface area contributed by atoms with Crippen molar-refractivity contribution < 1.29 is 12.6 Å². The Balaban J connectivity index is 1.90. The molecule has 0 N–H and O–H groups in total. The molecule has 0 atom stereocenters. The van der Waals surface area contributed by atoms with Gasteiger partial charge in [0.1, 0.15) is 9.51 Å². The molecule has 30 heavy (non-hydrogen) atoms. The number of hydrogen-bond donors (Lipinski definition) is 0. The van der Waals surface area contributed by atoms with Crippen molar-refractivity contribution in [2.75, 3.05) is 3.76 Å². The summed E-state index contributed by atoms with van der Waals surface area (Å²) in [6, 6.07) is 7.46. The molecule has 0 bridgehead atoms. The summed E-state index contributed by atoms with van der Waals surface area (Å²) in [5, 5.41) is 0. The Labute approximate surface area is 200 Å². The summed E-state index contributed by atoms with van der Waals surface area (Å²) in [6.07, 6.45) is 23.2.